The molecule has 1 saturated heterocycles. The molecule has 5 nitrogen and oxygen atoms in total. The molecule has 2 aliphatic heterocycles. The fourth-order valence-corrected chi connectivity index (χ4v) is 5.51. The zero-order valence-electron chi connectivity index (χ0n) is 17.8. The van der Waals surface area contributed by atoms with Crippen LogP contribution in [0.3, 0.4) is 0 Å². The number of rotatable bonds is 6. The number of fused-ring (bicyclic) bond motifs is 1. The molecule has 1 saturated carbocycles. The van der Waals surface area contributed by atoms with E-state index >= 15 is 0 Å². The molecule has 0 unspecified atom stereocenters. The van der Waals surface area contributed by atoms with Gasteiger partial charge in [-0.1, -0.05) is 44.9 Å². The third-order valence-corrected chi connectivity index (χ3v) is 6.98. The van der Waals surface area contributed by atoms with Crippen molar-refractivity contribution in [2.75, 3.05) is 19.7 Å². The number of hydrogen-bond acceptors (Lipinski definition) is 3. The van der Waals surface area contributed by atoms with E-state index in [-0.39, 0.29) is 23.8 Å². The Kier molecular flexibility index (Phi) is 5.95. The molecule has 2 atom stereocenters. The van der Waals surface area contributed by atoms with Gasteiger partial charge < -0.3 is 15.0 Å². The van der Waals surface area contributed by atoms with Crippen LogP contribution in [0.5, 0.6) is 0 Å². The molecule has 2 heterocycles. The van der Waals surface area contributed by atoms with Crippen molar-refractivity contribution in [3.8, 4) is 0 Å². The Morgan fingerprint density at radius 1 is 1.24 bits per heavy atom. The largest absolute Gasteiger partial charge is 0.376 e. The van der Waals surface area contributed by atoms with E-state index in [4.69, 9.17) is 4.74 Å². The highest BCUT2D eigenvalue weighted by Gasteiger charge is 2.55. The third-order valence-electron chi connectivity index (χ3n) is 6.98. The van der Waals surface area contributed by atoms with E-state index in [0.717, 1.165) is 57.1 Å². The number of hydrogen-bond donors (Lipinski definition) is 1. The lowest BCUT2D eigenvalue weighted by Crippen LogP contribution is -2.62. The van der Waals surface area contributed by atoms with Crippen LogP contribution in [-0.4, -0.2) is 48.1 Å². The lowest BCUT2D eigenvalue weighted by Gasteiger charge is -2.50. The van der Waals surface area contributed by atoms with Crippen molar-refractivity contribution in [1.82, 2.24) is 10.2 Å². The molecule has 3 aliphatic rings. The molecule has 1 aromatic rings. The van der Waals surface area contributed by atoms with Crippen LogP contribution < -0.4 is 5.32 Å². The van der Waals surface area contributed by atoms with E-state index in [1.165, 1.54) is 0 Å². The van der Waals surface area contributed by atoms with Crippen molar-refractivity contribution in [3.05, 3.63) is 35.4 Å². The van der Waals surface area contributed by atoms with Crippen molar-refractivity contribution in [2.45, 2.75) is 76.4 Å². The first kappa shape index (κ1) is 20.4. The summed E-state index contributed by atoms with van der Waals surface area (Å²) in [4.78, 5) is 29.1. The van der Waals surface area contributed by atoms with Crippen molar-refractivity contribution in [1.29, 1.82) is 0 Å². The zero-order chi connectivity index (χ0) is 20.4. The van der Waals surface area contributed by atoms with Crippen LogP contribution in [0, 0.1) is 5.92 Å². The van der Waals surface area contributed by atoms with E-state index in [1.54, 1.807) is 0 Å². The van der Waals surface area contributed by atoms with Crippen LogP contribution in [0.25, 0.3) is 0 Å². The Labute approximate surface area is 174 Å². The van der Waals surface area contributed by atoms with Crippen molar-refractivity contribution >= 4 is 11.8 Å². The van der Waals surface area contributed by atoms with Crippen LogP contribution >= 0.6 is 0 Å². The number of amides is 2. The third kappa shape index (κ3) is 3.81. The summed E-state index contributed by atoms with van der Waals surface area (Å²) in [5, 5.41) is 3.20. The Morgan fingerprint density at radius 3 is 2.69 bits per heavy atom. The molecule has 4 rings (SSSR count). The maximum Gasteiger partial charge on any atom is 0.254 e. The molecular weight excluding hydrogens is 364 g/mol. The van der Waals surface area contributed by atoms with E-state index in [0.29, 0.717) is 24.6 Å². The van der Waals surface area contributed by atoms with Gasteiger partial charge in [0.25, 0.3) is 5.91 Å². The van der Waals surface area contributed by atoms with Crippen molar-refractivity contribution in [2.24, 2.45) is 5.92 Å². The summed E-state index contributed by atoms with van der Waals surface area (Å²) < 4.78 is 5.89. The quantitative estimate of drug-likeness (QED) is 0.791. The Balaban J connectivity index is 1.70. The van der Waals surface area contributed by atoms with E-state index in [2.05, 4.69) is 19.2 Å². The minimum Gasteiger partial charge on any atom is -0.376 e. The van der Waals surface area contributed by atoms with Gasteiger partial charge >= 0.3 is 0 Å². The normalized spacial score (nSPS) is 25.6. The lowest BCUT2D eigenvalue weighted by molar-refractivity contribution is -0.126. The summed E-state index contributed by atoms with van der Waals surface area (Å²) in [5.74, 6) is 0.397. The van der Waals surface area contributed by atoms with E-state index < -0.39 is 5.54 Å². The fraction of sp³-hybridized carbons (Fsp3) is 0.667. The summed E-state index contributed by atoms with van der Waals surface area (Å²) in [6.45, 7) is 6.40. The number of carbonyl (C=O) groups excluding carboxylic acids is 2. The first-order valence-corrected chi connectivity index (χ1v) is 11.3. The molecule has 1 aromatic carbocycles. The topological polar surface area (TPSA) is 58.6 Å². The van der Waals surface area contributed by atoms with Gasteiger partial charge in [0, 0.05) is 25.3 Å². The van der Waals surface area contributed by atoms with Crippen LogP contribution in [0.1, 0.15) is 80.6 Å². The zero-order valence-corrected chi connectivity index (χ0v) is 17.8. The maximum absolute atomic E-state index is 13.6. The Morgan fingerprint density at radius 2 is 2.00 bits per heavy atom. The summed E-state index contributed by atoms with van der Waals surface area (Å²) >= 11 is 0. The number of nitrogens with zero attached hydrogens (tertiary/aromatic N) is 1. The summed E-state index contributed by atoms with van der Waals surface area (Å²) in [6.07, 6.45) is 7.00. The van der Waals surface area contributed by atoms with E-state index in [1.807, 2.05) is 29.2 Å². The average molecular weight is 399 g/mol. The van der Waals surface area contributed by atoms with Gasteiger partial charge in [-0.05, 0) is 49.7 Å². The smallest absolute Gasteiger partial charge is 0.254 e. The highest BCUT2D eigenvalue weighted by molar-refractivity contribution is 6.02. The molecule has 2 amide bonds. The number of carbonyl (C=O) groups is 2. The predicted molar refractivity (Wildman–Crippen MR) is 113 cm³/mol. The maximum atomic E-state index is 13.6. The summed E-state index contributed by atoms with van der Waals surface area (Å²) in [6, 6.07) is 7.74. The molecule has 1 N–H and O–H groups in total. The monoisotopic (exact) mass is 398 g/mol. The number of nitrogens with one attached hydrogen (secondary N) is 1. The van der Waals surface area contributed by atoms with Gasteiger partial charge in [-0.2, -0.15) is 0 Å². The molecule has 1 spiro atoms. The highest BCUT2D eigenvalue weighted by Crippen LogP contribution is 2.50. The average Bonchev–Trinajstić information content (AvgIpc) is 3.38. The first-order valence-electron chi connectivity index (χ1n) is 11.3. The predicted octanol–water partition coefficient (Wildman–Crippen LogP) is 3.88. The molecule has 1 aliphatic carbocycles. The second-order valence-corrected chi connectivity index (χ2v) is 9.36. The summed E-state index contributed by atoms with van der Waals surface area (Å²) in [7, 11) is 0. The van der Waals surface area contributed by atoms with Crippen molar-refractivity contribution < 1.29 is 14.3 Å². The van der Waals surface area contributed by atoms with Gasteiger partial charge in [0.1, 0.15) is 0 Å². The minimum absolute atomic E-state index is 0.0734. The number of benzene rings is 1. The second-order valence-electron chi connectivity index (χ2n) is 9.36. The highest BCUT2D eigenvalue weighted by atomic mass is 16.5. The Bertz CT molecular complexity index is 748. The molecule has 0 bridgehead atoms. The van der Waals surface area contributed by atoms with Gasteiger partial charge in [-0.3, -0.25) is 9.59 Å². The van der Waals surface area contributed by atoms with Crippen LogP contribution in [0.15, 0.2) is 24.3 Å². The molecule has 0 radical (unpaired) electrons. The van der Waals surface area contributed by atoms with Crippen LogP contribution in [0.4, 0.5) is 0 Å². The second kappa shape index (κ2) is 8.47. The molecule has 0 aromatic heterocycles. The molecule has 2 fully saturated rings. The van der Waals surface area contributed by atoms with Gasteiger partial charge in [0.2, 0.25) is 5.91 Å². The van der Waals surface area contributed by atoms with Gasteiger partial charge in [-0.15, -0.1) is 0 Å². The molecule has 29 heavy (non-hydrogen) atoms. The lowest BCUT2D eigenvalue weighted by atomic mass is 9.71. The molecule has 158 valence electrons. The van der Waals surface area contributed by atoms with Crippen molar-refractivity contribution in [3.63, 3.8) is 0 Å². The van der Waals surface area contributed by atoms with Crippen LogP contribution in [-0.2, 0) is 9.53 Å². The van der Waals surface area contributed by atoms with Gasteiger partial charge in [0.15, 0.2) is 0 Å². The minimum atomic E-state index is -0.417. The van der Waals surface area contributed by atoms with Gasteiger partial charge in [-0.25, -0.2) is 0 Å². The Hall–Kier alpha value is -1.88. The molecular formula is C24H34N2O3. The molecule has 5 heteroatoms. The standard InChI is InChI=1S/C24H34N2O3/c1-17(2)11-14-25-22(27)21-19-9-3-4-10-20(19)23(28)26(16-18-8-7-15-29-18)24(21)12-5-6-13-24/h3-4,9-10,17-18,21H,5-8,11-16H2,1-2H3,(H,25,27)/t18-,21+/m1/s1. The number of ether oxygens (including phenoxy) is 1. The van der Waals surface area contributed by atoms with E-state index in [9.17, 15) is 9.59 Å². The fourth-order valence-electron chi connectivity index (χ4n) is 5.51. The SMILES string of the molecule is CC(C)CCNC(=O)[C@@H]1c2ccccc2C(=O)N(C[C@H]2CCCO2)C12CCCC2. The van der Waals surface area contributed by atoms with Gasteiger partial charge in [0.05, 0.1) is 17.6 Å². The first-order chi connectivity index (χ1) is 14.0. The van der Waals surface area contributed by atoms with Crippen LogP contribution in [0.2, 0.25) is 0 Å². The summed E-state index contributed by atoms with van der Waals surface area (Å²) in [5.41, 5.74) is 1.18.